The molecule has 104 valence electrons. The molecule has 1 amide bonds. The predicted octanol–water partition coefficient (Wildman–Crippen LogP) is 3.17. The summed E-state index contributed by atoms with van der Waals surface area (Å²) in [4.78, 5) is 16.0. The van der Waals surface area contributed by atoms with E-state index in [0.29, 0.717) is 10.2 Å². The van der Waals surface area contributed by atoms with Gasteiger partial charge in [-0.25, -0.2) is 4.39 Å². The summed E-state index contributed by atoms with van der Waals surface area (Å²) < 4.78 is 13.4. The van der Waals surface area contributed by atoms with E-state index in [4.69, 9.17) is 17.4 Å². The molecule has 1 heterocycles. The topological polar surface area (TPSA) is 80.0 Å². The molecule has 20 heavy (non-hydrogen) atoms. The van der Waals surface area contributed by atoms with Crippen LogP contribution in [0.1, 0.15) is 10.5 Å². The highest BCUT2D eigenvalue weighted by Gasteiger charge is 2.14. The van der Waals surface area contributed by atoms with E-state index >= 15 is 0 Å². The molecule has 0 bridgehead atoms. The van der Waals surface area contributed by atoms with Gasteiger partial charge in [0.25, 0.3) is 5.91 Å². The van der Waals surface area contributed by atoms with E-state index in [2.05, 4.69) is 31.7 Å². The van der Waals surface area contributed by atoms with Crippen molar-refractivity contribution in [3.05, 3.63) is 51.5 Å². The largest absolute Gasteiger partial charge is 0.324 e. The summed E-state index contributed by atoms with van der Waals surface area (Å²) in [6, 6.07) is 5.39. The maximum atomic E-state index is 13.1. The number of anilines is 2. The fourth-order valence-corrected chi connectivity index (χ4v) is 2.38. The smallest absolute Gasteiger partial charge is 0.274 e. The first kappa shape index (κ1) is 14.7. The molecule has 1 aromatic carbocycles. The Balaban J connectivity index is 2.28. The van der Waals surface area contributed by atoms with Crippen molar-refractivity contribution in [1.82, 2.24) is 4.98 Å². The first-order valence-electron chi connectivity index (χ1n) is 5.40. The molecule has 0 spiro atoms. The third-order valence-corrected chi connectivity index (χ3v) is 3.33. The highest BCUT2D eigenvalue weighted by atomic mass is 79.9. The van der Waals surface area contributed by atoms with Crippen molar-refractivity contribution in [2.24, 2.45) is 5.84 Å². The molecular weight excluding hydrogens is 351 g/mol. The van der Waals surface area contributed by atoms with Crippen LogP contribution < -0.4 is 16.6 Å². The van der Waals surface area contributed by atoms with Crippen LogP contribution in [0, 0.1) is 5.82 Å². The van der Waals surface area contributed by atoms with E-state index in [1.807, 2.05) is 0 Å². The maximum Gasteiger partial charge on any atom is 0.274 e. The standard InChI is InChI=1S/C12H9BrClFN4O/c13-8-3-6(15)4-9(14)11(8)18-12(20)10-5-7(19-16)1-2-17-10/h1-5H,16H2,(H,17,19)(H,18,20). The van der Waals surface area contributed by atoms with Crippen molar-refractivity contribution in [2.75, 3.05) is 10.7 Å². The quantitative estimate of drug-likeness (QED) is 0.581. The highest BCUT2D eigenvalue weighted by Crippen LogP contribution is 2.32. The number of nitrogens with two attached hydrogens (primary N) is 1. The molecule has 4 N–H and O–H groups in total. The average Bonchev–Trinajstić information content (AvgIpc) is 2.42. The molecule has 1 aromatic heterocycles. The summed E-state index contributed by atoms with van der Waals surface area (Å²) in [5.74, 6) is 4.26. The van der Waals surface area contributed by atoms with Gasteiger partial charge in [0.05, 0.1) is 16.4 Å². The van der Waals surface area contributed by atoms with Crippen molar-refractivity contribution in [2.45, 2.75) is 0 Å². The lowest BCUT2D eigenvalue weighted by Gasteiger charge is -2.10. The molecule has 2 rings (SSSR count). The highest BCUT2D eigenvalue weighted by molar-refractivity contribution is 9.10. The van der Waals surface area contributed by atoms with Crippen molar-refractivity contribution in [3.63, 3.8) is 0 Å². The van der Waals surface area contributed by atoms with Crippen molar-refractivity contribution >= 4 is 44.8 Å². The number of halogens is 3. The van der Waals surface area contributed by atoms with Gasteiger partial charge in [0.1, 0.15) is 11.5 Å². The number of nitrogens with one attached hydrogen (secondary N) is 2. The number of hydrogen-bond donors (Lipinski definition) is 3. The van der Waals surface area contributed by atoms with Gasteiger partial charge in [-0.1, -0.05) is 11.6 Å². The Bertz CT molecular complexity index is 645. The molecular formula is C12H9BrClFN4O. The van der Waals surface area contributed by atoms with Gasteiger partial charge < -0.3 is 10.7 Å². The predicted molar refractivity (Wildman–Crippen MR) is 79.1 cm³/mol. The SMILES string of the molecule is NNc1ccnc(C(=O)Nc2c(Cl)cc(F)cc2Br)c1. The Hall–Kier alpha value is -1.70. The van der Waals surface area contributed by atoms with Crippen LogP contribution in [0.4, 0.5) is 15.8 Å². The molecule has 0 aliphatic heterocycles. The number of nitrogen functional groups attached to an aromatic ring is 1. The minimum absolute atomic E-state index is 0.0818. The molecule has 0 radical (unpaired) electrons. The maximum absolute atomic E-state index is 13.1. The Morgan fingerprint density at radius 3 is 2.80 bits per heavy atom. The van der Waals surface area contributed by atoms with Crippen LogP contribution in [0.2, 0.25) is 5.02 Å². The van der Waals surface area contributed by atoms with Crippen LogP contribution in [0.5, 0.6) is 0 Å². The van der Waals surface area contributed by atoms with Gasteiger partial charge in [0.2, 0.25) is 0 Å². The second kappa shape index (κ2) is 6.17. The van der Waals surface area contributed by atoms with Crippen molar-refractivity contribution in [3.8, 4) is 0 Å². The lowest BCUT2D eigenvalue weighted by Crippen LogP contribution is -2.15. The third kappa shape index (κ3) is 3.24. The Morgan fingerprint density at radius 1 is 1.40 bits per heavy atom. The van der Waals surface area contributed by atoms with Gasteiger partial charge in [0.15, 0.2) is 0 Å². The molecule has 2 aromatic rings. The van der Waals surface area contributed by atoms with Crippen LogP contribution in [0.3, 0.4) is 0 Å². The van der Waals surface area contributed by atoms with Crippen molar-refractivity contribution < 1.29 is 9.18 Å². The molecule has 0 unspecified atom stereocenters. The van der Waals surface area contributed by atoms with Gasteiger partial charge >= 0.3 is 0 Å². The van der Waals surface area contributed by atoms with E-state index in [-0.39, 0.29) is 16.4 Å². The van der Waals surface area contributed by atoms with Crippen LogP contribution in [0.15, 0.2) is 34.9 Å². The lowest BCUT2D eigenvalue weighted by molar-refractivity contribution is 0.102. The molecule has 0 aliphatic carbocycles. The summed E-state index contributed by atoms with van der Waals surface area (Å²) in [7, 11) is 0. The van der Waals surface area contributed by atoms with Gasteiger partial charge in [-0.2, -0.15) is 0 Å². The molecule has 0 saturated carbocycles. The second-order valence-corrected chi connectivity index (χ2v) is 5.03. The zero-order valence-corrected chi connectivity index (χ0v) is 12.3. The van der Waals surface area contributed by atoms with Crippen LogP contribution in [-0.4, -0.2) is 10.9 Å². The second-order valence-electron chi connectivity index (χ2n) is 3.77. The van der Waals surface area contributed by atoms with E-state index in [1.54, 1.807) is 6.07 Å². The number of nitrogens with zero attached hydrogens (tertiary/aromatic N) is 1. The lowest BCUT2D eigenvalue weighted by atomic mass is 10.2. The first-order chi connectivity index (χ1) is 9.51. The summed E-state index contributed by atoms with van der Waals surface area (Å²) in [6.45, 7) is 0. The number of benzene rings is 1. The average molecular weight is 360 g/mol. The Morgan fingerprint density at radius 2 is 2.15 bits per heavy atom. The number of hydrazine groups is 1. The number of amides is 1. The van der Waals surface area contributed by atoms with Gasteiger partial charge in [0, 0.05) is 10.7 Å². The van der Waals surface area contributed by atoms with Gasteiger partial charge in [-0.3, -0.25) is 15.6 Å². The third-order valence-electron chi connectivity index (χ3n) is 2.40. The Labute approximate surface area is 127 Å². The molecule has 0 fully saturated rings. The number of rotatable bonds is 3. The molecule has 0 saturated heterocycles. The van der Waals surface area contributed by atoms with E-state index in [9.17, 15) is 9.18 Å². The zero-order valence-electron chi connectivity index (χ0n) is 9.95. The number of pyridine rings is 1. The van der Waals surface area contributed by atoms with Gasteiger partial charge in [-0.15, -0.1) is 0 Å². The summed E-state index contributed by atoms with van der Waals surface area (Å²) in [5.41, 5.74) is 3.36. The number of hydrogen-bond acceptors (Lipinski definition) is 4. The molecule has 0 atom stereocenters. The Kier molecular flexibility index (Phi) is 4.53. The summed E-state index contributed by atoms with van der Waals surface area (Å²) >= 11 is 9.02. The van der Waals surface area contributed by atoms with Crippen LogP contribution in [0.25, 0.3) is 0 Å². The monoisotopic (exact) mass is 358 g/mol. The fourth-order valence-electron chi connectivity index (χ4n) is 1.48. The molecule has 0 aliphatic rings. The van der Waals surface area contributed by atoms with E-state index in [1.165, 1.54) is 18.3 Å². The number of aromatic nitrogens is 1. The minimum atomic E-state index is -0.507. The minimum Gasteiger partial charge on any atom is -0.324 e. The number of carbonyl (C=O) groups is 1. The van der Waals surface area contributed by atoms with Crippen molar-refractivity contribution in [1.29, 1.82) is 0 Å². The number of carbonyl (C=O) groups excluding carboxylic acids is 1. The summed E-state index contributed by atoms with van der Waals surface area (Å²) in [5, 5.41) is 2.64. The zero-order chi connectivity index (χ0) is 14.7. The van der Waals surface area contributed by atoms with E-state index in [0.717, 1.165) is 6.07 Å². The first-order valence-corrected chi connectivity index (χ1v) is 6.57. The van der Waals surface area contributed by atoms with Crippen LogP contribution >= 0.6 is 27.5 Å². The normalized spacial score (nSPS) is 10.2. The van der Waals surface area contributed by atoms with E-state index < -0.39 is 11.7 Å². The van der Waals surface area contributed by atoms with Gasteiger partial charge in [-0.05, 0) is 40.2 Å². The molecule has 8 heteroatoms. The molecule has 5 nitrogen and oxygen atoms in total. The fraction of sp³-hybridized carbons (Fsp3) is 0. The summed E-state index contributed by atoms with van der Waals surface area (Å²) in [6.07, 6.45) is 1.44. The van der Waals surface area contributed by atoms with Crippen LogP contribution in [-0.2, 0) is 0 Å².